The Morgan fingerprint density at radius 2 is 1.81 bits per heavy atom. The number of unbranched alkanes of at least 4 members (excludes halogenated alkanes) is 1. The van der Waals surface area contributed by atoms with Crippen molar-refractivity contribution in [2.45, 2.75) is 26.2 Å². The number of benzene rings is 2. The lowest BCUT2D eigenvalue weighted by Crippen LogP contribution is -1.98. The first-order valence-corrected chi connectivity index (χ1v) is 9.15. The van der Waals surface area contributed by atoms with Crippen LogP contribution in [0, 0.1) is 6.92 Å². The minimum Gasteiger partial charge on any atom is -0.497 e. The Balaban J connectivity index is 1.87. The van der Waals surface area contributed by atoms with Gasteiger partial charge in [-0.25, -0.2) is 0 Å². The number of nitrogens with zero attached hydrogens (tertiary/aromatic N) is 2. The maximum Gasteiger partial charge on any atom is 0.254 e. The van der Waals surface area contributed by atoms with Gasteiger partial charge in [0.2, 0.25) is 5.82 Å². The van der Waals surface area contributed by atoms with Crippen LogP contribution in [0.25, 0.3) is 23.0 Å². The van der Waals surface area contributed by atoms with E-state index >= 15 is 0 Å². The largest absolute Gasteiger partial charge is 0.497 e. The molecule has 0 aliphatic carbocycles. The molecule has 0 unspecified atom stereocenters. The second-order valence-electron chi connectivity index (χ2n) is 6.48. The molecule has 0 saturated carbocycles. The summed E-state index contributed by atoms with van der Waals surface area (Å²) < 4.78 is 10.8. The van der Waals surface area contributed by atoms with Crippen LogP contribution < -0.4 is 10.5 Å². The summed E-state index contributed by atoms with van der Waals surface area (Å²) in [5.41, 5.74) is 9.91. The van der Waals surface area contributed by atoms with E-state index in [9.17, 15) is 0 Å². The van der Waals surface area contributed by atoms with Crippen molar-refractivity contribution in [2.75, 3.05) is 13.7 Å². The summed E-state index contributed by atoms with van der Waals surface area (Å²) in [6.07, 6.45) is 4.90. The number of methoxy groups -OCH3 is 1. The summed E-state index contributed by atoms with van der Waals surface area (Å²) in [4.78, 5) is 4.61. The standard InChI is InChI=1S/C22H25N3O2/c1-16-6-8-17(9-7-16)15-19(5-3-4-14-23)22-24-21(25-27-22)18-10-12-20(26-2)13-11-18/h6-13,15H,3-5,14,23H2,1-2H3/b19-15+. The van der Waals surface area contributed by atoms with E-state index in [0.29, 0.717) is 18.3 Å². The Labute approximate surface area is 159 Å². The van der Waals surface area contributed by atoms with Gasteiger partial charge in [0.05, 0.1) is 7.11 Å². The van der Waals surface area contributed by atoms with Crippen LogP contribution in [-0.4, -0.2) is 23.8 Å². The molecule has 5 heteroatoms. The van der Waals surface area contributed by atoms with Gasteiger partial charge in [-0.05, 0) is 68.6 Å². The second kappa shape index (κ2) is 9.14. The second-order valence-corrected chi connectivity index (χ2v) is 6.48. The van der Waals surface area contributed by atoms with Gasteiger partial charge in [-0.1, -0.05) is 35.0 Å². The van der Waals surface area contributed by atoms with Crippen LogP contribution in [0.1, 0.15) is 36.3 Å². The molecular formula is C22H25N3O2. The van der Waals surface area contributed by atoms with Gasteiger partial charge in [0.15, 0.2) is 0 Å². The fraction of sp³-hybridized carbons (Fsp3) is 0.273. The molecule has 2 N–H and O–H groups in total. The highest BCUT2D eigenvalue weighted by Crippen LogP contribution is 2.26. The van der Waals surface area contributed by atoms with Crippen molar-refractivity contribution in [2.24, 2.45) is 5.73 Å². The Hall–Kier alpha value is -2.92. The van der Waals surface area contributed by atoms with Crippen molar-refractivity contribution >= 4 is 11.6 Å². The predicted octanol–water partition coefficient (Wildman–Crippen LogP) is 4.72. The first kappa shape index (κ1) is 18.9. The van der Waals surface area contributed by atoms with Crippen LogP contribution in [-0.2, 0) is 0 Å². The van der Waals surface area contributed by atoms with Crippen LogP contribution in [0.2, 0.25) is 0 Å². The lowest BCUT2D eigenvalue weighted by molar-refractivity contribution is 0.406. The van der Waals surface area contributed by atoms with Gasteiger partial charge in [0.25, 0.3) is 5.89 Å². The van der Waals surface area contributed by atoms with Crippen LogP contribution in [0.4, 0.5) is 0 Å². The minimum atomic E-state index is 0.554. The minimum absolute atomic E-state index is 0.554. The molecule has 0 atom stereocenters. The molecule has 0 radical (unpaired) electrons. The summed E-state index contributed by atoms with van der Waals surface area (Å²) in [6, 6.07) is 16.0. The quantitative estimate of drug-likeness (QED) is 0.586. The van der Waals surface area contributed by atoms with Crippen molar-refractivity contribution in [3.8, 4) is 17.1 Å². The fourth-order valence-corrected chi connectivity index (χ4v) is 2.78. The molecule has 0 spiro atoms. The van der Waals surface area contributed by atoms with E-state index in [2.05, 4.69) is 47.4 Å². The zero-order valence-corrected chi connectivity index (χ0v) is 15.8. The highest BCUT2D eigenvalue weighted by Gasteiger charge is 2.13. The summed E-state index contributed by atoms with van der Waals surface area (Å²) in [7, 11) is 1.64. The van der Waals surface area contributed by atoms with Crippen molar-refractivity contribution in [3.63, 3.8) is 0 Å². The first-order chi connectivity index (χ1) is 13.2. The van der Waals surface area contributed by atoms with Crippen LogP contribution in [0.3, 0.4) is 0 Å². The number of hydrogen-bond acceptors (Lipinski definition) is 5. The third-order valence-corrected chi connectivity index (χ3v) is 4.37. The number of hydrogen-bond donors (Lipinski definition) is 1. The van der Waals surface area contributed by atoms with Gasteiger partial charge in [-0.15, -0.1) is 0 Å². The predicted molar refractivity (Wildman–Crippen MR) is 108 cm³/mol. The number of nitrogens with two attached hydrogens (primary N) is 1. The van der Waals surface area contributed by atoms with Gasteiger partial charge < -0.3 is 15.0 Å². The molecular weight excluding hydrogens is 338 g/mol. The third-order valence-electron chi connectivity index (χ3n) is 4.37. The van der Waals surface area contributed by atoms with Crippen molar-refractivity contribution in [1.82, 2.24) is 10.1 Å². The summed E-state index contributed by atoms with van der Waals surface area (Å²) in [6.45, 7) is 2.76. The molecule has 0 aliphatic rings. The topological polar surface area (TPSA) is 74.2 Å². The van der Waals surface area contributed by atoms with Gasteiger partial charge >= 0.3 is 0 Å². The average molecular weight is 363 g/mol. The maximum absolute atomic E-state index is 5.65. The number of ether oxygens (including phenoxy) is 1. The lowest BCUT2D eigenvalue weighted by Gasteiger charge is -2.03. The van der Waals surface area contributed by atoms with Crippen molar-refractivity contribution < 1.29 is 9.26 Å². The summed E-state index contributed by atoms with van der Waals surface area (Å²) in [5.74, 6) is 1.92. The maximum atomic E-state index is 5.65. The van der Waals surface area contributed by atoms with E-state index in [4.69, 9.17) is 15.0 Å². The van der Waals surface area contributed by atoms with E-state index in [-0.39, 0.29) is 0 Å². The summed E-state index contributed by atoms with van der Waals surface area (Å²) >= 11 is 0. The van der Waals surface area contributed by atoms with E-state index < -0.39 is 0 Å². The smallest absolute Gasteiger partial charge is 0.254 e. The number of rotatable bonds is 8. The number of aromatic nitrogens is 2. The van der Waals surface area contributed by atoms with E-state index in [1.807, 2.05) is 24.3 Å². The molecule has 0 aliphatic heterocycles. The Kier molecular flexibility index (Phi) is 6.39. The molecule has 0 bridgehead atoms. The SMILES string of the molecule is COc1ccc(-c2noc(/C(=C/c3ccc(C)cc3)CCCCN)n2)cc1. The van der Waals surface area contributed by atoms with Crippen LogP contribution in [0.15, 0.2) is 53.1 Å². The van der Waals surface area contributed by atoms with Gasteiger partial charge in [-0.3, -0.25) is 0 Å². The molecule has 1 heterocycles. The molecule has 140 valence electrons. The number of aryl methyl sites for hydroxylation is 1. The first-order valence-electron chi connectivity index (χ1n) is 9.15. The molecule has 5 nitrogen and oxygen atoms in total. The molecule has 2 aromatic carbocycles. The normalized spacial score (nSPS) is 11.6. The molecule has 27 heavy (non-hydrogen) atoms. The molecule has 0 saturated heterocycles. The van der Waals surface area contributed by atoms with Crippen molar-refractivity contribution in [3.05, 3.63) is 65.5 Å². The Bertz CT molecular complexity index is 881. The zero-order chi connectivity index (χ0) is 19.1. The molecule has 1 aromatic heterocycles. The zero-order valence-electron chi connectivity index (χ0n) is 15.8. The third kappa shape index (κ3) is 5.05. The highest BCUT2D eigenvalue weighted by molar-refractivity contribution is 5.78. The Morgan fingerprint density at radius 3 is 2.48 bits per heavy atom. The van der Waals surface area contributed by atoms with Gasteiger partial charge in [0.1, 0.15) is 5.75 Å². The summed E-state index contributed by atoms with van der Waals surface area (Å²) in [5, 5.41) is 4.15. The highest BCUT2D eigenvalue weighted by atomic mass is 16.5. The van der Waals surface area contributed by atoms with Gasteiger partial charge in [0, 0.05) is 11.1 Å². The Morgan fingerprint density at radius 1 is 1.07 bits per heavy atom. The van der Waals surface area contributed by atoms with E-state index in [1.165, 1.54) is 5.56 Å². The van der Waals surface area contributed by atoms with E-state index in [0.717, 1.165) is 41.7 Å². The van der Waals surface area contributed by atoms with Crippen molar-refractivity contribution in [1.29, 1.82) is 0 Å². The van der Waals surface area contributed by atoms with Crippen LogP contribution >= 0.6 is 0 Å². The fourth-order valence-electron chi connectivity index (χ4n) is 2.78. The molecule has 3 aromatic rings. The van der Waals surface area contributed by atoms with Crippen LogP contribution in [0.5, 0.6) is 5.75 Å². The number of allylic oxidation sites excluding steroid dienone is 1. The lowest BCUT2D eigenvalue weighted by atomic mass is 10.0. The van der Waals surface area contributed by atoms with Gasteiger partial charge in [-0.2, -0.15) is 4.98 Å². The molecule has 3 rings (SSSR count). The monoisotopic (exact) mass is 363 g/mol. The molecule has 0 fully saturated rings. The molecule has 0 amide bonds. The average Bonchev–Trinajstić information content (AvgIpc) is 3.19. The van der Waals surface area contributed by atoms with E-state index in [1.54, 1.807) is 7.11 Å².